The first kappa shape index (κ1) is 14.3. The van der Waals surface area contributed by atoms with Gasteiger partial charge in [0.1, 0.15) is 5.56 Å². The molecule has 1 aromatic rings. The van der Waals surface area contributed by atoms with Crippen LogP contribution in [-0.2, 0) is 0 Å². The van der Waals surface area contributed by atoms with Crippen LogP contribution in [0.1, 0.15) is 10.4 Å². The van der Waals surface area contributed by atoms with Gasteiger partial charge in [0.25, 0.3) is 0 Å². The van der Waals surface area contributed by atoms with Gasteiger partial charge in [-0.05, 0) is 6.07 Å². The normalized spacial score (nSPS) is 9.33. The van der Waals surface area contributed by atoms with Crippen molar-refractivity contribution >= 4 is 35.5 Å². The molecule has 1 aromatic carbocycles. The standard InChI is InChI=1S/C8H5F3O3.Na/c1-14-7-5(10)3(8(12)13)2-4(9)6(7)11;/h2H,1H3,(H,12,13);. The summed E-state index contributed by atoms with van der Waals surface area (Å²) in [5, 5.41) is 8.42. The molecule has 0 fully saturated rings. The molecule has 0 aliphatic rings. The molecule has 1 radical (unpaired) electrons. The fraction of sp³-hybridized carbons (Fsp3) is 0.125. The minimum Gasteiger partial charge on any atom is -0.491 e. The van der Waals surface area contributed by atoms with Gasteiger partial charge < -0.3 is 9.84 Å². The van der Waals surface area contributed by atoms with E-state index < -0.39 is 34.7 Å². The monoisotopic (exact) mass is 229 g/mol. The van der Waals surface area contributed by atoms with Gasteiger partial charge in [0, 0.05) is 29.6 Å². The summed E-state index contributed by atoms with van der Waals surface area (Å²) in [5.41, 5.74) is -0.972. The third-order valence-electron chi connectivity index (χ3n) is 1.55. The number of halogens is 3. The molecule has 0 unspecified atom stereocenters. The first-order chi connectivity index (χ1) is 6.49. The van der Waals surface area contributed by atoms with Gasteiger partial charge in [0.05, 0.1) is 7.11 Å². The number of ether oxygens (including phenoxy) is 1. The summed E-state index contributed by atoms with van der Waals surface area (Å²) in [7, 11) is 0.909. The Morgan fingerprint density at radius 1 is 1.33 bits per heavy atom. The molecular formula is C8H5F3NaO3. The van der Waals surface area contributed by atoms with E-state index in [1.165, 1.54) is 0 Å². The molecule has 0 aromatic heterocycles. The molecule has 0 heterocycles. The summed E-state index contributed by atoms with van der Waals surface area (Å²) >= 11 is 0. The van der Waals surface area contributed by atoms with Crippen molar-refractivity contribution in [1.29, 1.82) is 0 Å². The van der Waals surface area contributed by atoms with E-state index in [1.807, 2.05) is 0 Å². The summed E-state index contributed by atoms with van der Waals surface area (Å²) in [6.07, 6.45) is 0. The van der Waals surface area contributed by atoms with Crippen LogP contribution in [0, 0.1) is 17.5 Å². The molecule has 1 N–H and O–H groups in total. The average molecular weight is 229 g/mol. The summed E-state index contributed by atoms with van der Waals surface area (Å²) < 4.78 is 42.7. The summed E-state index contributed by atoms with van der Waals surface area (Å²) in [5.74, 6) is -7.18. The predicted molar refractivity (Wildman–Crippen MR) is 45.6 cm³/mol. The maximum absolute atomic E-state index is 13.1. The van der Waals surface area contributed by atoms with Crippen molar-refractivity contribution in [3.8, 4) is 5.75 Å². The first-order valence-corrected chi connectivity index (χ1v) is 3.43. The summed E-state index contributed by atoms with van der Waals surface area (Å²) in [4.78, 5) is 10.4. The molecular weight excluding hydrogens is 224 g/mol. The van der Waals surface area contributed by atoms with E-state index in [4.69, 9.17) is 5.11 Å². The number of hydrogen-bond donors (Lipinski definition) is 1. The number of carbonyl (C=O) groups is 1. The second-order valence-electron chi connectivity index (χ2n) is 2.37. The maximum atomic E-state index is 13.1. The summed E-state index contributed by atoms with van der Waals surface area (Å²) in [6, 6.07) is 0.259. The van der Waals surface area contributed by atoms with Crippen LogP contribution < -0.4 is 4.74 Å². The third kappa shape index (κ3) is 2.64. The van der Waals surface area contributed by atoms with Gasteiger partial charge in [0.15, 0.2) is 17.4 Å². The molecule has 77 valence electrons. The largest absolute Gasteiger partial charge is 0.491 e. The zero-order valence-electron chi connectivity index (χ0n) is 7.97. The topological polar surface area (TPSA) is 46.5 Å². The van der Waals surface area contributed by atoms with Crippen molar-refractivity contribution in [3.63, 3.8) is 0 Å². The van der Waals surface area contributed by atoms with Gasteiger partial charge in [-0.1, -0.05) is 0 Å². The van der Waals surface area contributed by atoms with Crippen LogP contribution in [0.4, 0.5) is 13.2 Å². The third-order valence-corrected chi connectivity index (χ3v) is 1.55. The number of methoxy groups -OCH3 is 1. The van der Waals surface area contributed by atoms with E-state index in [0.29, 0.717) is 0 Å². The Hall–Kier alpha value is -0.720. The molecule has 0 aliphatic heterocycles. The van der Waals surface area contributed by atoms with Crippen molar-refractivity contribution in [2.45, 2.75) is 0 Å². The van der Waals surface area contributed by atoms with E-state index in [2.05, 4.69) is 4.74 Å². The van der Waals surface area contributed by atoms with Crippen LogP contribution in [0.3, 0.4) is 0 Å². The van der Waals surface area contributed by atoms with Crippen LogP contribution >= 0.6 is 0 Å². The Morgan fingerprint density at radius 3 is 2.27 bits per heavy atom. The molecule has 0 spiro atoms. The number of hydrogen-bond acceptors (Lipinski definition) is 2. The molecule has 3 nitrogen and oxygen atoms in total. The van der Waals surface area contributed by atoms with E-state index >= 15 is 0 Å². The Labute approximate surface area is 105 Å². The van der Waals surface area contributed by atoms with Crippen molar-refractivity contribution in [2.75, 3.05) is 7.11 Å². The quantitative estimate of drug-likeness (QED) is 0.616. The van der Waals surface area contributed by atoms with Gasteiger partial charge in [-0.2, -0.15) is 4.39 Å². The Morgan fingerprint density at radius 2 is 1.87 bits per heavy atom. The fourth-order valence-corrected chi connectivity index (χ4v) is 0.915. The van der Waals surface area contributed by atoms with Gasteiger partial charge >= 0.3 is 5.97 Å². The molecule has 0 bridgehead atoms. The molecule has 0 amide bonds. The zero-order valence-corrected chi connectivity index (χ0v) is 9.97. The second-order valence-corrected chi connectivity index (χ2v) is 2.37. The molecule has 0 atom stereocenters. The Kier molecular flexibility index (Phi) is 5.13. The Balaban J connectivity index is 0.00000196. The van der Waals surface area contributed by atoms with Crippen LogP contribution in [0.25, 0.3) is 0 Å². The van der Waals surface area contributed by atoms with Crippen molar-refractivity contribution in [3.05, 3.63) is 29.1 Å². The van der Waals surface area contributed by atoms with Crippen LogP contribution in [-0.4, -0.2) is 47.7 Å². The van der Waals surface area contributed by atoms with Crippen LogP contribution in [0.5, 0.6) is 5.75 Å². The van der Waals surface area contributed by atoms with Crippen LogP contribution in [0.2, 0.25) is 0 Å². The first-order valence-electron chi connectivity index (χ1n) is 3.43. The van der Waals surface area contributed by atoms with Gasteiger partial charge in [-0.25, -0.2) is 13.6 Å². The van der Waals surface area contributed by atoms with E-state index in [-0.39, 0.29) is 35.6 Å². The predicted octanol–water partition coefficient (Wildman–Crippen LogP) is 1.43. The molecule has 0 aliphatic carbocycles. The van der Waals surface area contributed by atoms with E-state index in [0.717, 1.165) is 7.11 Å². The number of benzene rings is 1. The molecule has 7 heteroatoms. The van der Waals surface area contributed by atoms with Gasteiger partial charge in [-0.15, -0.1) is 0 Å². The smallest absolute Gasteiger partial charge is 0.338 e. The average Bonchev–Trinajstić information content (AvgIpc) is 2.12. The number of rotatable bonds is 2. The van der Waals surface area contributed by atoms with E-state index in [1.54, 1.807) is 0 Å². The number of carboxylic acids is 1. The minimum atomic E-state index is -1.69. The second kappa shape index (κ2) is 5.39. The fourth-order valence-electron chi connectivity index (χ4n) is 0.915. The minimum absolute atomic E-state index is 0. The van der Waals surface area contributed by atoms with Gasteiger partial charge in [0.2, 0.25) is 5.82 Å². The van der Waals surface area contributed by atoms with Gasteiger partial charge in [-0.3, -0.25) is 0 Å². The molecule has 15 heavy (non-hydrogen) atoms. The zero-order chi connectivity index (χ0) is 10.9. The Bertz CT molecular complexity index is 395. The molecule has 1 rings (SSSR count). The van der Waals surface area contributed by atoms with Crippen molar-refractivity contribution in [1.82, 2.24) is 0 Å². The SMILES string of the molecule is COc1c(F)c(F)cc(C(=O)O)c1F.[Na]. The molecule has 0 saturated heterocycles. The van der Waals surface area contributed by atoms with Crippen molar-refractivity contribution < 1.29 is 27.8 Å². The van der Waals surface area contributed by atoms with Crippen molar-refractivity contribution in [2.24, 2.45) is 0 Å². The maximum Gasteiger partial charge on any atom is 0.338 e. The summed E-state index contributed by atoms with van der Waals surface area (Å²) in [6.45, 7) is 0. The number of carboxylic acid groups (broad SMARTS) is 1. The molecule has 0 saturated carbocycles. The van der Waals surface area contributed by atoms with E-state index in [9.17, 15) is 18.0 Å². The van der Waals surface area contributed by atoms with Crippen LogP contribution in [0.15, 0.2) is 6.07 Å². The number of aromatic carboxylic acids is 1.